The zero-order valence-electron chi connectivity index (χ0n) is 18.0. The average Bonchev–Trinajstić information content (AvgIpc) is 2.71. The van der Waals surface area contributed by atoms with Crippen molar-refractivity contribution in [2.24, 2.45) is 9.98 Å². The fraction of sp³-hybridized carbons (Fsp3) is 0. The molecular weight excluding hydrogens is 506 g/mol. The summed E-state index contributed by atoms with van der Waals surface area (Å²) in [6.07, 6.45) is 2.28. The number of aliphatic imine (C=N–C) groups is 2. The first kappa shape index (κ1) is 30.5. The molecule has 0 aromatic heterocycles. The minimum atomic E-state index is -4.73. The molecule has 0 heterocycles. The van der Waals surface area contributed by atoms with E-state index in [1.807, 2.05) is 0 Å². The quantitative estimate of drug-likeness (QED) is 0.190. The third-order valence-corrected chi connectivity index (χ3v) is 5.81. The van der Waals surface area contributed by atoms with E-state index in [-0.39, 0.29) is 93.1 Å². The largest absolute Gasteiger partial charge is 1.00 e. The summed E-state index contributed by atoms with van der Waals surface area (Å²) < 4.78 is 67.1. The molecule has 166 valence electrons. The predicted molar refractivity (Wildman–Crippen MR) is 113 cm³/mol. The number of aromatic hydroxyl groups is 2. The van der Waals surface area contributed by atoms with Crippen LogP contribution in [0, 0.1) is 0 Å². The molecule has 10 nitrogen and oxygen atoms in total. The molecule has 14 heteroatoms. The van der Waals surface area contributed by atoms with Gasteiger partial charge >= 0.3 is 59.1 Å². The molecule has 0 unspecified atom stereocenters. The smallest absolute Gasteiger partial charge is 0.744 e. The van der Waals surface area contributed by atoms with E-state index >= 15 is 0 Å². The first-order valence-corrected chi connectivity index (χ1v) is 11.5. The fourth-order valence-corrected chi connectivity index (χ4v) is 3.56. The summed E-state index contributed by atoms with van der Waals surface area (Å²) in [5.41, 5.74) is 0.495. The summed E-state index contributed by atoms with van der Waals surface area (Å²) in [6.45, 7) is 0. The van der Waals surface area contributed by atoms with Crippen LogP contribution in [-0.2, 0) is 20.2 Å². The number of benzene rings is 3. The molecule has 34 heavy (non-hydrogen) atoms. The average molecular weight is 520 g/mol. The van der Waals surface area contributed by atoms with Gasteiger partial charge in [0.2, 0.25) is 0 Å². The van der Waals surface area contributed by atoms with Crippen LogP contribution in [-0.4, -0.2) is 48.6 Å². The molecule has 0 aliphatic heterocycles. The van der Waals surface area contributed by atoms with E-state index in [0.717, 1.165) is 48.8 Å². The Morgan fingerprint density at radius 3 is 1.32 bits per heavy atom. The molecule has 0 saturated carbocycles. The third-order valence-electron chi connectivity index (χ3n) is 4.14. The Balaban J connectivity index is 0.00000289. The first-order valence-electron chi connectivity index (χ1n) is 8.70. The van der Waals surface area contributed by atoms with Gasteiger partial charge in [-0.05, 0) is 48.5 Å². The van der Waals surface area contributed by atoms with E-state index in [1.54, 1.807) is 24.3 Å². The number of phenolic OH excluding ortho intramolecular Hbond substituents is 2. The van der Waals surface area contributed by atoms with Crippen molar-refractivity contribution in [3.05, 3.63) is 71.8 Å². The molecule has 0 aliphatic carbocycles. The van der Waals surface area contributed by atoms with E-state index in [9.17, 15) is 36.2 Å². The third kappa shape index (κ3) is 7.99. The summed E-state index contributed by atoms with van der Waals surface area (Å²) in [5, 5.41) is 19.8. The van der Waals surface area contributed by atoms with Crippen molar-refractivity contribution in [2.75, 3.05) is 0 Å². The molecule has 2 N–H and O–H groups in total. The summed E-state index contributed by atoms with van der Waals surface area (Å²) in [6, 6.07) is 12.3. The number of hydrogen-bond acceptors (Lipinski definition) is 10. The molecule has 0 amide bonds. The topological polar surface area (TPSA) is 180 Å². The monoisotopic (exact) mass is 520 g/mol. The summed E-state index contributed by atoms with van der Waals surface area (Å²) in [4.78, 5) is 7.23. The first-order chi connectivity index (χ1) is 14.9. The van der Waals surface area contributed by atoms with Crippen molar-refractivity contribution in [2.45, 2.75) is 9.79 Å². The van der Waals surface area contributed by atoms with Crippen molar-refractivity contribution in [1.29, 1.82) is 0 Å². The van der Waals surface area contributed by atoms with Crippen LogP contribution in [0.1, 0.15) is 11.1 Å². The van der Waals surface area contributed by atoms with Crippen LogP contribution in [0.15, 0.2) is 80.4 Å². The fourth-order valence-electron chi connectivity index (χ4n) is 2.54. The molecule has 0 aliphatic rings. The van der Waals surface area contributed by atoms with Gasteiger partial charge < -0.3 is 19.3 Å². The van der Waals surface area contributed by atoms with Gasteiger partial charge in [-0.2, -0.15) is 0 Å². The second-order valence-electron chi connectivity index (χ2n) is 6.35. The van der Waals surface area contributed by atoms with Gasteiger partial charge in [-0.15, -0.1) is 0 Å². The molecule has 3 aromatic carbocycles. The van der Waals surface area contributed by atoms with Crippen molar-refractivity contribution in [3.8, 4) is 11.5 Å². The van der Waals surface area contributed by atoms with Crippen molar-refractivity contribution in [1.82, 2.24) is 0 Å². The number of rotatable bonds is 6. The van der Waals surface area contributed by atoms with E-state index in [1.165, 1.54) is 0 Å². The second-order valence-corrected chi connectivity index (χ2v) is 9.11. The van der Waals surface area contributed by atoms with Crippen LogP contribution in [0.25, 0.3) is 0 Å². The van der Waals surface area contributed by atoms with Crippen LogP contribution in [0.2, 0.25) is 0 Å². The maximum Gasteiger partial charge on any atom is 1.00 e. The van der Waals surface area contributed by atoms with Gasteiger partial charge in [0.1, 0.15) is 31.7 Å². The van der Waals surface area contributed by atoms with E-state index < -0.39 is 30.0 Å². The van der Waals surface area contributed by atoms with Crippen LogP contribution >= 0.6 is 0 Å². The second kappa shape index (κ2) is 12.4. The maximum atomic E-state index is 11.2. The molecule has 0 fully saturated rings. The van der Waals surface area contributed by atoms with Crippen molar-refractivity contribution < 1.29 is 95.3 Å². The van der Waals surface area contributed by atoms with E-state index in [0.29, 0.717) is 0 Å². The SMILES string of the molecule is O=S(=O)([O-])c1ccc(O)c(C=Nc2ccccc2N=Cc2cc(S(=O)(=O)[O-])ccc2O)c1.[Na+].[Na+]. The Hall–Kier alpha value is -1.58. The molecule has 3 aromatic rings. The van der Waals surface area contributed by atoms with E-state index in [2.05, 4.69) is 9.98 Å². The summed E-state index contributed by atoms with van der Waals surface area (Å²) in [5.74, 6) is -0.606. The standard InChI is InChI=1S/C20H16N2O8S2.2Na/c23-19-7-5-15(31(25,26)27)9-13(19)11-21-17-3-1-2-4-18(17)22-12-14-10-16(32(28,29)30)6-8-20(14)24;;/h1-12,23-24H,(H,25,26,27)(H,28,29,30);;/q;2*+1/p-2. The summed E-state index contributed by atoms with van der Waals surface area (Å²) >= 11 is 0. The van der Waals surface area contributed by atoms with Crippen molar-refractivity contribution >= 4 is 44.0 Å². The molecule has 0 spiro atoms. The number of phenols is 2. The Bertz CT molecular complexity index is 1350. The zero-order chi connectivity index (χ0) is 23.5. The molecule has 3 rings (SSSR count). The van der Waals surface area contributed by atoms with Gasteiger partial charge in [0, 0.05) is 23.6 Å². The van der Waals surface area contributed by atoms with Gasteiger partial charge in [-0.25, -0.2) is 16.8 Å². The number of hydrogen-bond donors (Lipinski definition) is 2. The molecule has 0 atom stereocenters. The van der Waals surface area contributed by atoms with Crippen molar-refractivity contribution in [3.63, 3.8) is 0 Å². The summed E-state index contributed by atoms with van der Waals surface area (Å²) in [7, 11) is -9.45. The molecular formula is C20H14N2Na2O8S2. The molecule has 0 saturated heterocycles. The van der Waals surface area contributed by atoms with Gasteiger partial charge in [0.05, 0.1) is 21.2 Å². The Morgan fingerprint density at radius 2 is 1.00 bits per heavy atom. The van der Waals surface area contributed by atoms with Gasteiger partial charge in [0.25, 0.3) is 0 Å². The number of nitrogens with zero attached hydrogens (tertiary/aromatic N) is 2. The van der Waals surface area contributed by atoms with Crippen LogP contribution in [0.3, 0.4) is 0 Å². The Kier molecular flexibility index (Phi) is 11.1. The zero-order valence-corrected chi connectivity index (χ0v) is 23.6. The predicted octanol–water partition coefficient (Wildman–Crippen LogP) is -3.58. The number of para-hydroxylation sites is 2. The Morgan fingerprint density at radius 1 is 0.647 bits per heavy atom. The van der Waals surface area contributed by atoms with Crippen LogP contribution in [0.4, 0.5) is 11.4 Å². The molecule has 0 bridgehead atoms. The van der Waals surface area contributed by atoms with Gasteiger partial charge in [0.15, 0.2) is 0 Å². The van der Waals surface area contributed by atoms with Crippen LogP contribution in [0.5, 0.6) is 11.5 Å². The molecule has 0 radical (unpaired) electrons. The van der Waals surface area contributed by atoms with Crippen LogP contribution < -0.4 is 59.1 Å². The minimum Gasteiger partial charge on any atom is -0.744 e. The normalized spacial score (nSPS) is 11.8. The van der Waals surface area contributed by atoms with Gasteiger partial charge in [-0.3, -0.25) is 9.98 Å². The Labute approximate surface area is 240 Å². The maximum absolute atomic E-state index is 11.2. The minimum absolute atomic E-state index is 0. The van der Waals surface area contributed by atoms with E-state index in [4.69, 9.17) is 0 Å². The van der Waals surface area contributed by atoms with Gasteiger partial charge in [-0.1, -0.05) is 12.1 Å².